The standard InChI is InChI=1S/C35H35ClN2O5/c1-42-35(41)32(38-31-14-6-5-13-30(31)34(40)27-10-3-2-4-11-27)24-26-15-18-29(19-16-26)43-22-8-21-37-33(39)20-17-25-9-7-12-28(36)23-25/h2-7,9-16,18-19,23,32,38H,8,17,20-22,24H2,1H3,(H,37,39)/t32-/m0/s1. The third-order valence-electron chi connectivity index (χ3n) is 6.83. The van der Waals surface area contributed by atoms with Crippen molar-refractivity contribution in [2.24, 2.45) is 0 Å². The number of para-hydroxylation sites is 1. The third kappa shape index (κ3) is 9.72. The molecule has 0 unspecified atom stereocenters. The van der Waals surface area contributed by atoms with E-state index in [9.17, 15) is 14.4 Å². The Balaban J connectivity index is 1.25. The number of hydrogen-bond donors (Lipinski definition) is 2. The molecule has 0 spiro atoms. The molecule has 2 N–H and O–H groups in total. The lowest BCUT2D eigenvalue weighted by Crippen LogP contribution is -2.33. The highest BCUT2D eigenvalue weighted by atomic mass is 35.5. The molecule has 1 amide bonds. The first-order chi connectivity index (χ1) is 20.9. The van der Waals surface area contributed by atoms with Gasteiger partial charge in [-0.1, -0.05) is 78.3 Å². The summed E-state index contributed by atoms with van der Waals surface area (Å²) < 4.78 is 10.9. The smallest absolute Gasteiger partial charge is 0.328 e. The summed E-state index contributed by atoms with van der Waals surface area (Å²) in [6.07, 6.45) is 2.06. The Morgan fingerprint density at radius 3 is 2.33 bits per heavy atom. The van der Waals surface area contributed by atoms with Crippen LogP contribution in [0.4, 0.5) is 5.69 Å². The molecule has 0 heterocycles. The van der Waals surface area contributed by atoms with Gasteiger partial charge in [0.25, 0.3) is 0 Å². The molecule has 7 nitrogen and oxygen atoms in total. The lowest BCUT2D eigenvalue weighted by atomic mass is 10.00. The van der Waals surface area contributed by atoms with Crippen LogP contribution in [-0.2, 0) is 27.2 Å². The van der Waals surface area contributed by atoms with E-state index in [0.717, 1.165) is 11.1 Å². The fourth-order valence-corrected chi connectivity index (χ4v) is 4.77. The predicted molar refractivity (Wildman–Crippen MR) is 169 cm³/mol. The molecular weight excluding hydrogens is 564 g/mol. The van der Waals surface area contributed by atoms with Crippen molar-refractivity contribution in [2.75, 3.05) is 25.6 Å². The molecule has 43 heavy (non-hydrogen) atoms. The summed E-state index contributed by atoms with van der Waals surface area (Å²) in [5, 5.41) is 6.81. The number of halogens is 1. The first-order valence-electron chi connectivity index (χ1n) is 14.2. The van der Waals surface area contributed by atoms with Gasteiger partial charge in [0.05, 0.1) is 13.7 Å². The summed E-state index contributed by atoms with van der Waals surface area (Å²) in [6.45, 7) is 0.972. The van der Waals surface area contributed by atoms with E-state index >= 15 is 0 Å². The maximum Gasteiger partial charge on any atom is 0.328 e. The summed E-state index contributed by atoms with van der Waals surface area (Å²) in [5.41, 5.74) is 3.53. The number of ether oxygens (including phenoxy) is 2. The van der Waals surface area contributed by atoms with Crippen LogP contribution >= 0.6 is 11.6 Å². The average Bonchev–Trinajstić information content (AvgIpc) is 3.04. The molecule has 0 aliphatic heterocycles. The minimum absolute atomic E-state index is 0.00912. The molecule has 4 aromatic rings. The van der Waals surface area contributed by atoms with E-state index in [4.69, 9.17) is 21.1 Å². The van der Waals surface area contributed by atoms with Crippen LogP contribution in [0.5, 0.6) is 5.75 Å². The topological polar surface area (TPSA) is 93.7 Å². The summed E-state index contributed by atoms with van der Waals surface area (Å²) in [7, 11) is 1.34. The van der Waals surface area contributed by atoms with E-state index in [0.29, 0.717) is 66.4 Å². The molecule has 0 aliphatic carbocycles. The van der Waals surface area contributed by atoms with Crippen LogP contribution in [0.2, 0.25) is 5.02 Å². The highest BCUT2D eigenvalue weighted by Crippen LogP contribution is 2.22. The van der Waals surface area contributed by atoms with Crippen molar-refractivity contribution >= 4 is 34.9 Å². The van der Waals surface area contributed by atoms with Crippen LogP contribution < -0.4 is 15.4 Å². The summed E-state index contributed by atoms with van der Waals surface area (Å²) in [4.78, 5) is 38.0. The number of ketones is 1. The molecule has 0 bridgehead atoms. The first-order valence-corrected chi connectivity index (χ1v) is 14.6. The number of aryl methyl sites for hydroxylation is 1. The number of anilines is 1. The molecule has 0 saturated carbocycles. The number of nitrogens with one attached hydrogen (secondary N) is 2. The van der Waals surface area contributed by atoms with E-state index in [1.165, 1.54) is 7.11 Å². The van der Waals surface area contributed by atoms with Gasteiger partial charge in [-0.05, 0) is 60.4 Å². The van der Waals surface area contributed by atoms with Crippen LogP contribution in [0.15, 0.2) is 103 Å². The number of esters is 1. The largest absolute Gasteiger partial charge is 0.494 e. The molecular formula is C35H35ClN2O5. The molecule has 0 aromatic heterocycles. The van der Waals surface area contributed by atoms with Gasteiger partial charge in [0, 0.05) is 41.2 Å². The van der Waals surface area contributed by atoms with Gasteiger partial charge in [-0.15, -0.1) is 0 Å². The van der Waals surface area contributed by atoms with Crippen molar-refractivity contribution in [2.45, 2.75) is 31.7 Å². The molecule has 0 fully saturated rings. The van der Waals surface area contributed by atoms with Gasteiger partial charge in [0.15, 0.2) is 5.78 Å². The molecule has 0 aliphatic rings. The molecule has 222 valence electrons. The number of methoxy groups -OCH3 is 1. The zero-order valence-electron chi connectivity index (χ0n) is 24.1. The highest BCUT2D eigenvalue weighted by molar-refractivity contribution is 6.30. The monoisotopic (exact) mass is 598 g/mol. The van der Waals surface area contributed by atoms with Gasteiger partial charge in [-0.2, -0.15) is 0 Å². The predicted octanol–water partition coefficient (Wildman–Crippen LogP) is 6.29. The van der Waals surface area contributed by atoms with Crippen molar-refractivity contribution in [1.82, 2.24) is 5.32 Å². The van der Waals surface area contributed by atoms with Crippen LogP contribution in [0.1, 0.15) is 39.9 Å². The molecule has 8 heteroatoms. The first kappa shape index (κ1) is 31.3. The Labute approximate surface area is 257 Å². The molecule has 0 radical (unpaired) electrons. The van der Waals surface area contributed by atoms with Gasteiger partial charge in [-0.25, -0.2) is 4.79 Å². The van der Waals surface area contributed by atoms with E-state index in [1.54, 1.807) is 30.3 Å². The minimum Gasteiger partial charge on any atom is -0.494 e. The van der Waals surface area contributed by atoms with Gasteiger partial charge < -0.3 is 20.1 Å². The molecule has 1 atom stereocenters. The van der Waals surface area contributed by atoms with Gasteiger partial charge in [0.2, 0.25) is 5.91 Å². The Morgan fingerprint density at radius 1 is 0.837 bits per heavy atom. The number of hydrogen-bond acceptors (Lipinski definition) is 6. The highest BCUT2D eigenvalue weighted by Gasteiger charge is 2.22. The molecule has 4 rings (SSSR count). The SMILES string of the molecule is COC(=O)[C@H](Cc1ccc(OCCCNC(=O)CCc2cccc(Cl)c2)cc1)Nc1ccccc1C(=O)c1ccccc1. The van der Waals surface area contributed by atoms with Crippen LogP contribution in [-0.4, -0.2) is 44.0 Å². The minimum atomic E-state index is -0.705. The Bertz CT molecular complexity index is 1510. The maximum atomic E-state index is 13.1. The van der Waals surface area contributed by atoms with Crippen molar-refractivity contribution in [3.63, 3.8) is 0 Å². The Hall–Kier alpha value is -4.62. The van der Waals surface area contributed by atoms with Crippen molar-refractivity contribution in [1.29, 1.82) is 0 Å². The van der Waals surface area contributed by atoms with Crippen LogP contribution in [0.25, 0.3) is 0 Å². The third-order valence-corrected chi connectivity index (χ3v) is 7.06. The Morgan fingerprint density at radius 2 is 1.58 bits per heavy atom. The van der Waals surface area contributed by atoms with E-state index in [2.05, 4.69) is 10.6 Å². The van der Waals surface area contributed by atoms with Gasteiger partial charge >= 0.3 is 5.97 Å². The fraction of sp³-hybridized carbons (Fsp3) is 0.229. The number of rotatable bonds is 15. The van der Waals surface area contributed by atoms with Gasteiger partial charge in [0.1, 0.15) is 11.8 Å². The summed E-state index contributed by atoms with van der Waals surface area (Å²) in [6, 6.07) is 30.5. The number of benzene rings is 4. The quantitative estimate of drug-likeness (QED) is 0.0950. The zero-order valence-corrected chi connectivity index (χ0v) is 24.8. The van der Waals surface area contributed by atoms with Crippen LogP contribution in [0, 0.1) is 0 Å². The van der Waals surface area contributed by atoms with E-state index < -0.39 is 12.0 Å². The summed E-state index contributed by atoms with van der Waals surface area (Å²) >= 11 is 5.99. The van der Waals surface area contributed by atoms with Crippen molar-refractivity contribution in [3.05, 3.63) is 130 Å². The lowest BCUT2D eigenvalue weighted by molar-refractivity contribution is -0.141. The maximum absolute atomic E-state index is 13.1. The lowest BCUT2D eigenvalue weighted by Gasteiger charge is -2.20. The molecule has 4 aromatic carbocycles. The van der Waals surface area contributed by atoms with Gasteiger partial charge in [-0.3, -0.25) is 9.59 Å². The average molecular weight is 599 g/mol. The zero-order chi connectivity index (χ0) is 30.4. The second-order valence-corrected chi connectivity index (χ2v) is 10.4. The van der Waals surface area contributed by atoms with E-state index in [1.807, 2.05) is 72.8 Å². The number of amides is 1. The summed E-state index contributed by atoms with van der Waals surface area (Å²) in [5.74, 6) is 0.116. The van der Waals surface area contributed by atoms with Crippen LogP contribution in [0.3, 0.4) is 0 Å². The second-order valence-electron chi connectivity index (χ2n) is 9.99. The van der Waals surface area contributed by atoms with Crippen molar-refractivity contribution in [3.8, 4) is 5.75 Å². The fourth-order valence-electron chi connectivity index (χ4n) is 4.56. The molecule has 0 saturated heterocycles. The van der Waals surface area contributed by atoms with Crippen molar-refractivity contribution < 1.29 is 23.9 Å². The number of carbonyl (C=O) groups excluding carboxylic acids is 3. The van der Waals surface area contributed by atoms with E-state index in [-0.39, 0.29) is 11.7 Å². The normalized spacial score (nSPS) is 11.3. The Kier molecular flexibility index (Phi) is 11.7. The number of carbonyl (C=O) groups is 3. The second kappa shape index (κ2) is 16.1.